The van der Waals surface area contributed by atoms with Gasteiger partial charge in [0, 0.05) is 6.07 Å². The van der Waals surface area contributed by atoms with Crippen LogP contribution in [0.5, 0.6) is 0 Å². The Hall–Kier alpha value is -2.74. The van der Waals surface area contributed by atoms with Gasteiger partial charge in [0.15, 0.2) is 5.58 Å². The van der Waals surface area contributed by atoms with Crippen molar-refractivity contribution >= 4 is 39.7 Å². The number of nitrogens with zero attached hydrogens (tertiary/aromatic N) is 3. The van der Waals surface area contributed by atoms with Crippen LogP contribution in [0, 0.1) is 10.1 Å². The number of nitro groups is 1. The smallest absolute Gasteiger partial charge is 0.324 e. The molecule has 20 heavy (non-hydrogen) atoms. The van der Waals surface area contributed by atoms with Crippen molar-refractivity contribution in [2.24, 2.45) is 5.10 Å². The van der Waals surface area contributed by atoms with Crippen molar-refractivity contribution in [1.29, 1.82) is 0 Å². The van der Waals surface area contributed by atoms with E-state index in [2.05, 4.69) is 15.5 Å². The highest BCUT2D eigenvalue weighted by molar-refractivity contribution is 7.16. The second-order valence-corrected chi connectivity index (χ2v) is 4.88. The third-order valence-corrected chi connectivity index (χ3v) is 3.41. The van der Waals surface area contributed by atoms with Gasteiger partial charge in [0.2, 0.25) is 0 Å². The van der Waals surface area contributed by atoms with Crippen LogP contribution in [0.1, 0.15) is 4.88 Å². The van der Waals surface area contributed by atoms with Crippen molar-refractivity contribution < 1.29 is 9.34 Å². The third kappa shape index (κ3) is 2.50. The summed E-state index contributed by atoms with van der Waals surface area (Å²) in [5.41, 5.74) is 4.05. The summed E-state index contributed by atoms with van der Waals surface area (Å²) in [6.45, 7) is 0. The minimum absolute atomic E-state index is 0.0771. The van der Waals surface area contributed by atoms with Gasteiger partial charge in [-0.2, -0.15) is 10.1 Å². The van der Waals surface area contributed by atoms with Crippen molar-refractivity contribution in [3.05, 3.63) is 51.4 Å². The van der Waals surface area contributed by atoms with E-state index in [4.69, 9.17) is 4.42 Å². The van der Waals surface area contributed by atoms with Crippen LogP contribution in [0.2, 0.25) is 0 Å². The summed E-state index contributed by atoms with van der Waals surface area (Å²) >= 11 is 1.04. The summed E-state index contributed by atoms with van der Waals surface area (Å²) in [5.74, 6) is 0. The fraction of sp³-hybridized carbons (Fsp3) is 0. The van der Waals surface area contributed by atoms with Gasteiger partial charge in [-0.3, -0.25) is 10.1 Å². The van der Waals surface area contributed by atoms with Crippen LogP contribution >= 0.6 is 11.3 Å². The largest absolute Gasteiger partial charge is 0.422 e. The lowest BCUT2D eigenvalue weighted by molar-refractivity contribution is -0.380. The molecule has 2 heterocycles. The Bertz CT molecular complexity index is 760. The second-order valence-electron chi connectivity index (χ2n) is 3.79. The predicted octanol–water partition coefficient (Wildman–Crippen LogP) is 3.24. The van der Waals surface area contributed by atoms with Crippen LogP contribution in [0.3, 0.4) is 0 Å². The van der Waals surface area contributed by atoms with Gasteiger partial charge in [0.25, 0.3) is 0 Å². The number of oxazole rings is 1. The zero-order chi connectivity index (χ0) is 13.9. The maximum Gasteiger partial charge on any atom is 0.324 e. The first kappa shape index (κ1) is 12.3. The molecule has 0 fully saturated rings. The van der Waals surface area contributed by atoms with Crippen LogP contribution in [-0.4, -0.2) is 16.1 Å². The number of benzene rings is 1. The molecule has 1 N–H and O–H groups in total. The lowest BCUT2D eigenvalue weighted by Crippen LogP contribution is -1.88. The van der Waals surface area contributed by atoms with E-state index in [1.54, 1.807) is 12.1 Å². The molecular weight excluding hydrogens is 280 g/mol. The minimum Gasteiger partial charge on any atom is -0.422 e. The van der Waals surface area contributed by atoms with Gasteiger partial charge in [0.05, 0.1) is 16.0 Å². The van der Waals surface area contributed by atoms with Gasteiger partial charge >= 0.3 is 11.0 Å². The number of anilines is 1. The zero-order valence-corrected chi connectivity index (χ0v) is 10.8. The monoisotopic (exact) mass is 288 g/mol. The van der Waals surface area contributed by atoms with E-state index >= 15 is 0 Å². The first-order valence-electron chi connectivity index (χ1n) is 5.61. The van der Waals surface area contributed by atoms with Crippen molar-refractivity contribution in [3.8, 4) is 0 Å². The second kappa shape index (κ2) is 5.10. The Morgan fingerprint density at radius 3 is 2.95 bits per heavy atom. The molecule has 0 aliphatic rings. The molecule has 2 aromatic heterocycles. The van der Waals surface area contributed by atoms with E-state index < -0.39 is 4.92 Å². The van der Waals surface area contributed by atoms with Crippen LogP contribution in [0.25, 0.3) is 11.1 Å². The van der Waals surface area contributed by atoms with Gasteiger partial charge in [-0.15, -0.1) is 0 Å². The molecular formula is C12H8N4O3S. The molecule has 0 spiro atoms. The first-order chi connectivity index (χ1) is 9.72. The number of nitrogens with one attached hydrogen (secondary N) is 1. The Labute approximate surface area is 116 Å². The number of rotatable bonds is 4. The molecule has 0 amide bonds. The standard InChI is InChI=1S/C12H8N4O3S/c17-16(18)11-6-5-8(20-11)7-13-15-12-14-9-3-1-2-4-10(9)19-12/h1-7H,(H,14,15)/b13-7-. The van der Waals surface area contributed by atoms with E-state index in [0.29, 0.717) is 10.5 Å². The Morgan fingerprint density at radius 1 is 1.35 bits per heavy atom. The van der Waals surface area contributed by atoms with E-state index in [1.165, 1.54) is 12.3 Å². The third-order valence-electron chi connectivity index (χ3n) is 2.44. The summed E-state index contributed by atoms with van der Waals surface area (Å²) in [5, 5.41) is 14.6. The van der Waals surface area contributed by atoms with Crippen molar-refractivity contribution in [2.75, 3.05) is 5.43 Å². The summed E-state index contributed by atoms with van der Waals surface area (Å²) < 4.78 is 5.41. The van der Waals surface area contributed by atoms with E-state index in [9.17, 15) is 10.1 Å². The number of hydrogen-bond acceptors (Lipinski definition) is 7. The Balaban J connectivity index is 1.71. The minimum atomic E-state index is -0.434. The van der Waals surface area contributed by atoms with Crippen LogP contribution in [0.4, 0.5) is 11.0 Å². The summed E-state index contributed by atoms with van der Waals surface area (Å²) in [7, 11) is 0. The molecule has 3 rings (SSSR count). The molecule has 0 saturated carbocycles. The number of hydrogen-bond donors (Lipinski definition) is 1. The molecule has 100 valence electrons. The van der Waals surface area contributed by atoms with Crippen LogP contribution < -0.4 is 5.43 Å². The average Bonchev–Trinajstić information content (AvgIpc) is 3.04. The normalized spacial score (nSPS) is 11.2. The molecule has 0 aliphatic carbocycles. The van der Waals surface area contributed by atoms with Gasteiger partial charge in [-0.1, -0.05) is 23.5 Å². The van der Waals surface area contributed by atoms with Gasteiger partial charge in [-0.25, -0.2) is 5.43 Å². The molecule has 0 radical (unpaired) electrons. The average molecular weight is 288 g/mol. The van der Waals surface area contributed by atoms with Crippen molar-refractivity contribution in [3.63, 3.8) is 0 Å². The quantitative estimate of drug-likeness (QED) is 0.452. The SMILES string of the molecule is O=[N+]([O-])c1ccc(/C=N\Nc2nc3ccccc3o2)s1. The predicted molar refractivity (Wildman–Crippen MR) is 76.2 cm³/mol. The molecule has 0 atom stereocenters. The molecule has 0 unspecified atom stereocenters. The zero-order valence-electron chi connectivity index (χ0n) is 10.0. The maximum atomic E-state index is 10.5. The fourth-order valence-corrected chi connectivity index (χ4v) is 2.27. The lowest BCUT2D eigenvalue weighted by atomic mass is 10.3. The highest BCUT2D eigenvalue weighted by atomic mass is 32.1. The number of fused-ring (bicyclic) bond motifs is 1. The van der Waals surface area contributed by atoms with E-state index in [0.717, 1.165) is 16.9 Å². The lowest BCUT2D eigenvalue weighted by Gasteiger charge is -1.89. The molecule has 0 aliphatic heterocycles. The maximum absolute atomic E-state index is 10.5. The molecule has 1 aromatic carbocycles. The van der Waals surface area contributed by atoms with Gasteiger partial charge in [0.1, 0.15) is 5.52 Å². The number of thiophene rings is 1. The van der Waals surface area contributed by atoms with Crippen molar-refractivity contribution in [1.82, 2.24) is 4.98 Å². The Morgan fingerprint density at radius 2 is 2.20 bits per heavy atom. The topological polar surface area (TPSA) is 93.6 Å². The Kier molecular flexibility index (Phi) is 3.13. The molecule has 0 bridgehead atoms. The first-order valence-corrected chi connectivity index (χ1v) is 6.43. The number of aromatic nitrogens is 1. The van der Waals surface area contributed by atoms with Crippen LogP contribution in [0.15, 0.2) is 45.9 Å². The van der Waals surface area contributed by atoms with Crippen LogP contribution in [-0.2, 0) is 0 Å². The van der Waals surface area contributed by atoms with Gasteiger partial charge < -0.3 is 4.42 Å². The van der Waals surface area contributed by atoms with E-state index in [1.807, 2.05) is 18.2 Å². The molecule has 3 aromatic rings. The van der Waals surface area contributed by atoms with Crippen molar-refractivity contribution in [2.45, 2.75) is 0 Å². The molecule has 0 saturated heterocycles. The highest BCUT2D eigenvalue weighted by Crippen LogP contribution is 2.22. The fourth-order valence-electron chi connectivity index (χ4n) is 1.58. The summed E-state index contributed by atoms with van der Waals surface area (Å²) in [6.07, 6.45) is 1.48. The highest BCUT2D eigenvalue weighted by Gasteiger charge is 2.08. The summed E-state index contributed by atoms with van der Waals surface area (Å²) in [4.78, 5) is 15.0. The number of hydrazone groups is 1. The van der Waals surface area contributed by atoms with Gasteiger partial charge in [-0.05, 0) is 18.2 Å². The number of para-hydroxylation sites is 2. The summed E-state index contributed by atoms with van der Waals surface area (Å²) in [6, 6.07) is 10.7. The molecule has 7 nitrogen and oxygen atoms in total. The molecule has 8 heteroatoms. The van der Waals surface area contributed by atoms with E-state index in [-0.39, 0.29) is 11.0 Å².